The van der Waals surface area contributed by atoms with Gasteiger partial charge in [0.25, 0.3) is 0 Å². The largest absolute Gasteiger partial charge is 0.480 e. The number of carbonyl (C=O) groups is 2. The van der Waals surface area contributed by atoms with Crippen LogP contribution in [0.2, 0.25) is 0 Å². The molecular formula is C11H11NO4. The van der Waals surface area contributed by atoms with Gasteiger partial charge in [-0.2, -0.15) is 0 Å². The predicted molar refractivity (Wildman–Crippen MR) is 56.3 cm³/mol. The molecule has 0 bridgehead atoms. The van der Waals surface area contributed by atoms with Crippen LogP contribution in [0.4, 0.5) is 5.69 Å². The van der Waals surface area contributed by atoms with Crippen molar-refractivity contribution in [2.24, 2.45) is 0 Å². The first-order valence-electron chi connectivity index (χ1n) is 4.78. The third-order valence-corrected chi connectivity index (χ3v) is 2.83. The van der Waals surface area contributed by atoms with E-state index in [4.69, 9.17) is 0 Å². The molecule has 0 saturated carbocycles. The molecule has 2 rings (SSSR count). The molecule has 1 heterocycles. The fourth-order valence-corrected chi connectivity index (χ4v) is 1.97. The molecule has 0 aliphatic carbocycles. The topological polar surface area (TPSA) is 75.6 Å². The van der Waals surface area contributed by atoms with Gasteiger partial charge in [-0.1, -0.05) is 18.2 Å². The van der Waals surface area contributed by atoms with Crippen LogP contribution in [-0.2, 0) is 19.7 Å². The third kappa shape index (κ3) is 1.18. The molecule has 0 fully saturated rings. The highest BCUT2D eigenvalue weighted by atomic mass is 16.5. The maximum atomic E-state index is 11.7. The number of aliphatic carboxylic acids is 1. The molecule has 5 nitrogen and oxygen atoms in total. The van der Waals surface area contributed by atoms with E-state index < -0.39 is 17.4 Å². The summed E-state index contributed by atoms with van der Waals surface area (Å²) in [6, 6.07) is 6.84. The Morgan fingerprint density at radius 2 is 2.12 bits per heavy atom. The molecule has 2 N–H and O–H groups in total. The molecule has 0 saturated heterocycles. The van der Waals surface area contributed by atoms with Gasteiger partial charge in [-0.25, -0.2) is 0 Å². The highest BCUT2D eigenvalue weighted by Gasteiger charge is 2.53. The van der Waals surface area contributed by atoms with E-state index in [0.717, 1.165) is 0 Å². The number of fused-ring (bicyclic) bond motifs is 1. The summed E-state index contributed by atoms with van der Waals surface area (Å²) in [5, 5.41) is 12.2. The van der Waals surface area contributed by atoms with Crippen molar-refractivity contribution in [2.45, 2.75) is 5.41 Å². The van der Waals surface area contributed by atoms with Crippen molar-refractivity contribution < 1.29 is 19.4 Å². The first kappa shape index (κ1) is 10.5. The Balaban J connectivity index is 2.60. The van der Waals surface area contributed by atoms with Crippen LogP contribution in [0.15, 0.2) is 24.3 Å². The molecule has 16 heavy (non-hydrogen) atoms. The Morgan fingerprint density at radius 1 is 1.44 bits per heavy atom. The van der Waals surface area contributed by atoms with Crippen LogP contribution < -0.4 is 5.32 Å². The smallest absolute Gasteiger partial charge is 0.329 e. The lowest BCUT2D eigenvalue weighted by Gasteiger charge is -2.20. The Labute approximate surface area is 92.0 Å². The zero-order valence-corrected chi connectivity index (χ0v) is 8.69. The van der Waals surface area contributed by atoms with E-state index in [1.807, 2.05) is 0 Å². The monoisotopic (exact) mass is 221 g/mol. The van der Waals surface area contributed by atoms with Crippen molar-refractivity contribution in [1.82, 2.24) is 0 Å². The molecule has 0 radical (unpaired) electrons. The molecule has 1 aromatic carbocycles. The number of benzene rings is 1. The van der Waals surface area contributed by atoms with Crippen molar-refractivity contribution >= 4 is 17.6 Å². The number of hydrogen-bond acceptors (Lipinski definition) is 4. The second-order valence-corrected chi connectivity index (χ2v) is 3.60. The lowest BCUT2D eigenvalue weighted by Crippen LogP contribution is -2.46. The van der Waals surface area contributed by atoms with Gasteiger partial charge in [-0.3, -0.25) is 9.59 Å². The quantitative estimate of drug-likeness (QED) is 0.565. The van der Waals surface area contributed by atoms with Crippen LogP contribution in [0.1, 0.15) is 5.56 Å². The van der Waals surface area contributed by atoms with Crippen LogP contribution in [0.5, 0.6) is 0 Å². The lowest BCUT2D eigenvalue weighted by molar-refractivity contribution is -0.158. The van der Waals surface area contributed by atoms with Gasteiger partial charge >= 0.3 is 11.9 Å². The fourth-order valence-electron chi connectivity index (χ4n) is 1.97. The van der Waals surface area contributed by atoms with E-state index in [0.29, 0.717) is 11.3 Å². The summed E-state index contributed by atoms with van der Waals surface area (Å²) >= 11 is 0. The molecule has 1 aliphatic heterocycles. The number of anilines is 1. The Hall–Kier alpha value is -2.04. The average Bonchev–Trinajstić information content (AvgIpc) is 2.68. The Kier molecular flexibility index (Phi) is 2.30. The molecule has 1 aromatic rings. The summed E-state index contributed by atoms with van der Waals surface area (Å²) in [6.07, 6.45) is 0. The Bertz CT molecular complexity index is 457. The minimum atomic E-state index is -1.62. The third-order valence-electron chi connectivity index (χ3n) is 2.83. The molecule has 0 aromatic heterocycles. The minimum absolute atomic E-state index is 0.0222. The van der Waals surface area contributed by atoms with Gasteiger partial charge in [0.2, 0.25) is 5.41 Å². The number of para-hydroxylation sites is 1. The van der Waals surface area contributed by atoms with Gasteiger partial charge in [-0.05, 0) is 6.07 Å². The van der Waals surface area contributed by atoms with Crippen molar-refractivity contribution in [1.29, 1.82) is 0 Å². The molecule has 0 amide bonds. The zero-order valence-electron chi connectivity index (χ0n) is 8.69. The normalized spacial score (nSPS) is 22.1. The van der Waals surface area contributed by atoms with Gasteiger partial charge in [0.05, 0.1) is 7.11 Å². The van der Waals surface area contributed by atoms with Crippen LogP contribution >= 0.6 is 0 Å². The van der Waals surface area contributed by atoms with Crippen molar-refractivity contribution in [3.05, 3.63) is 29.8 Å². The van der Waals surface area contributed by atoms with Crippen LogP contribution in [0.25, 0.3) is 0 Å². The zero-order chi connectivity index (χ0) is 11.8. The number of hydrogen-bond donors (Lipinski definition) is 2. The summed E-state index contributed by atoms with van der Waals surface area (Å²) < 4.78 is 4.60. The first-order chi connectivity index (χ1) is 7.63. The second-order valence-electron chi connectivity index (χ2n) is 3.60. The summed E-state index contributed by atoms with van der Waals surface area (Å²) in [7, 11) is 1.19. The van der Waals surface area contributed by atoms with Gasteiger partial charge in [-0.15, -0.1) is 0 Å². The molecule has 0 spiro atoms. The highest BCUT2D eigenvalue weighted by molar-refractivity contribution is 6.09. The van der Waals surface area contributed by atoms with E-state index in [-0.39, 0.29) is 6.54 Å². The highest BCUT2D eigenvalue weighted by Crippen LogP contribution is 2.37. The van der Waals surface area contributed by atoms with Crippen molar-refractivity contribution in [3.63, 3.8) is 0 Å². The van der Waals surface area contributed by atoms with Crippen molar-refractivity contribution in [2.75, 3.05) is 19.0 Å². The van der Waals surface area contributed by atoms with E-state index in [1.165, 1.54) is 7.11 Å². The lowest BCUT2D eigenvalue weighted by atomic mass is 9.82. The summed E-state index contributed by atoms with van der Waals surface area (Å²) in [4.78, 5) is 23.0. The number of methoxy groups -OCH3 is 1. The number of rotatable bonds is 2. The van der Waals surface area contributed by atoms with Crippen LogP contribution in [0.3, 0.4) is 0 Å². The fraction of sp³-hybridized carbons (Fsp3) is 0.273. The van der Waals surface area contributed by atoms with E-state index in [9.17, 15) is 14.7 Å². The molecular weight excluding hydrogens is 210 g/mol. The average molecular weight is 221 g/mol. The maximum Gasteiger partial charge on any atom is 0.329 e. The number of ether oxygens (including phenoxy) is 1. The molecule has 1 aliphatic rings. The van der Waals surface area contributed by atoms with Gasteiger partial charge in [0, 0.05) is 17.8 Å². The van der Waals surface area contributed by atoms with Crippen LogP contribution in [-0.4, -0.2) is 30.7 Å². The first-order valence-corrected chi connectivity index (χ1v) is 4.78. The number of esters is 1. The second kappa shape index (κ2) is 3.52. The number of carboxylic acids is 1. The summed E-state index contributed by atoms with van der Waals surface area (Å²) in [5.41, 5.74) is -0.504. The maximum absolute atomic E-state index is 11.7. The van der Waals surface area contributed by atoms with E-state index in [1.54, 1.807) is 24.3 Å². The molecule has 5 heteroatoms. The molecule has 1 unspecified atom stereocenters. The van der Waals surface area contributed by atoms with Gasteiger partial charge in [0.1, 0.15) is 0 Å². The SMILES string of the molecule is COC(=O)C1(C(=O)O)CNc2ccccc21. The standard InChI is InChI=1S/C11H11NO4/c1-16-10(15)11(9(13)14)6-12-8-5-3-2-4-7(8)11/h2-5,12H,6H2,1H3,(H,13,14). The molecule has 1 atom stereocenters. The van der Waals surface area contributed by atoms with Crippen LogP contribution in [0, 0.1) is 0 Å². The number of carboxylic acid groups (broad SMARTS) is 1. The van der Waals surface area contributed by atoms with Gasteiger partial charge in [0.15, 0.2) is 0 Å². The van der Waals surface area contributed by atoms with Crippen molar-refractivity contribution in [3.8, 4) is 0 Å². The van der Waals surface area contributed by atoms with E-state index in [2.05, 4.69) is 10.1 Å². The van der Waals surface area contributed by atoms with Gasteiger partial charge < -0.3 is 15.2 Å². The summed E-state index contributed by atoms with van der Waals surface area (Å²) in [6.45, 7) is 0.0222. The number of carbonyl (C=O) groups excluding carboxylic acids is 1. The van der Waals surface area contributed by atoms with E-state index >= 15 is 0 Å². The summed E-state index contributed by atoms with van der Waals surface area (Å²) in [5.74, 6) is -1.95. The predicted octanol–water partition coefficient (Wildman–Crippen LogP) is 0.607. The number of nitrogens with one attached hydrogen (secondary N) is 1. The minimum Gasteiger partial charge on any atom is -0.480 e. The molecule has 84 valence electrons. The Morgan fingerprint density at radius 3 is 2.75 bits per heavy atom.